The van der Waals surface area contributed by atoms with E-state index in [1.54, 1.807) is 30.5 Å². The molecule has 1 aliphatic rings. The molecule has 2 aromatic rings. The van der Waals surface area contributed by atoms with Crippen molar-refractivity contribution in [3.63, 3.8) is 0 Å². The SMILES string of the molecule is C[C@H](/C=N/N1C(=O)c2ccccc2C1=O)c1ccccc1. The average molecular weight is 278 g/mol. The Labute approximate surface area is 122 Å². The third-order valence-electron chi connectivity index (χ3n) is 3.50. The summed E-state index contributed by atoms with van der Waals surface area (Å²) in [5.41, 5.74) is 1.90. The van der Waals surface area contributed by atoms with Gasteiger partial charge in [-0.1, -0.05) is 49.4 Å². The zero-order chi connectivity index (χ0) is 14.8. The van der Waals surface area contributed by atoms with Crippen LogP contribution in [-0.2, 0) is 0 Å². The molecule has 2 aromatic carbocycles. The molecule has 0 spiro atoms. The Morgan fingerprint density at radius 3 is 2.00 bits per heavy atom. The molecular formula is C17H14N2O2. The van der Waals surface area contributed by atoms with Crippen molar-refractivity contribution in [1.29, 1.82) is 0 Å². The third kappa shape index (κ3) is 2.36. The van der Waals surface area contributed by atoms with Crippen molar-refractivity contribution in [1.82, 2.24) is 5.01 Å². The molecule has 21 heavy (non-hydrogen) atoms. The first-order chi connectivity index (χ1) is 10.2. The summed E-state index contributed by atoms with van der Waals surface area (Å²) in [5, 5.41) is 5.02. The van der Waals surface area contributed by atoms with Crippen LogP contribution in [0.25, 0.3) is 0 Å². The predicted molar refractivity (Wildman–Crippen MR) is 80.3 cm³/mol. The van der Waals surface area contributed by atoms with Gasteiger partial charge in [0.05, 0.1) is 11.1 Å². The lowest BCUT2D eigenvalue weighted by Crippen LogP contribution is -2.24. The number of hydrogen-bond donors (Lipinski definition) is 0. The van der Waals surface area contributed by atoms with E-state index in [4.69, 9.17) is 0 Å². The van der Waals surface area contributed by atoms with Crippen LogP contribution in [0.3, 0.4) is 0 Å². The maximum absolute atomic E-state index is 12.1. The molecule has 0 unspecified atom stereocenters. The molecule has 4 heteroatoms. The second-order valence-electron chi connectivity index (χ2n) is 4.93. The smallest absolute Gasteiger partial charge is 0.267 e. The predicted octanol–water partition coefficient (Wildman–Crippen LogP) is 3.07. The lowest BCUT2D eigenvalue weighted by atomic mass is 10.0. The first-order valence-corrected chi connectivity index (χ1v) is 6.75. The van der Waals surface area contributed by atoms with Gasteiger partial charge < -0.3 is 0 Å². The molecule has 0 fully saturated rings. The topological polar surface area (TPSA) is 49.7 Å². The highest BCUT2D eigenvalue weighted by molar-refractivity contribution is 6.21. The van der Waals surface area contributed by atoms with Crippen LogP contribution < -0.4 is 0 Å². The fraction of sp³-hybridized carbons (Fsp3) is 0.118. The number of carbonyl (C=O) groups is 2. The number of imide groups is 1. The Morgan fingerprint density at radius 1 is 0.905 bits per heavy atom. The second kappa shape index (κ2) is 5.32. The number of rotatable bonds is 3. The number of amides is 2. The molecule has 0 aliphatic carbocycles. The van der Waals surface area contributed by atoms with E-state index in [1.807, 2.05) is 37.3 Å². The van der Waals surface area contributed by atoms with Crippen LogP contribution in [0.5, 0.6) is 0 Å². The van der Waals surface area contributed by atoms with Crippen molar-refractivity contribution < 1.29 is 9.59 Å². The Balaban J connectivity index is 1.82. The summed E-state index contributed by atoms with van der Waals surface area (Å²) in [4.78, 5) is 24.3. The van der Waals surface area contributed by atoms with Crippen molar-refractivity contribution in [3.05, 3.63) is 71.3 Å². The molecule has 0 N–H and O–H groups in total. The largest absolute Gasteiger partial charge is 0.282 e. The second-order valence-corrected chi connectivity index (χ2v) is 4.93. The van der Waals surface area contributed by atoms with Crippen LogP contribution in [-0.4, -0.2) is 23.0 Å². The number of hydrazone groups is 1. The van der Waals surface area contributed by atoms with E-state index in [0.29, 0.717) is 11.1 Å². The molecule has 1 atom stereocenters. The number of nitrogens with zero attached hydrogens (tertiary/aromatic N) is 2. The molecule has 0 saturated heterocycles. The van der Waals surface area contributed by atoms with Crippen LogP contribution in [0, 0.1) is 0 Å². The van der Waals surface area contributed by atoms with Gasteiger partial charge in [0.1, 0.15) is 0 Å². The molecular weight excluding hydrogens is 264 g/mol. The van der Waals surface area contributed by atoms with Crippen molar-refractivity contribution in [2.24, 2.45) is 5.10 Å². The Morgan fingerprint density at radius 2 is 1.43 bits per heavy atom. The van der Waals surface area contributed by atoms with Crippen LogP contribution in [0.1, 0.15) is 39.1 Å². The van der Waals surface area contributed by atoms with E-state index in [9.17, 15) is 9.59 Å². The molecule has 0 saturated carbocycles. The number of hydrogen-bond acceptors (Lipinski definition) is 3. The van der Waals surface area contributed by atoms with Crippen molar-refractivity contribution in [2.75, 3.05) is 0 Å². The zero-order valence-corrected chi connectivity index (χ0v) is 11.6. The van der Waals surface area contributed by atoms with Gasteiger partial charge in [0.15, 0.2) is 0 Å². The van der Waals surface area contributed by atoms with E-state index in [2.05, 4.69) is 5.10 Å². The maximum atomic E-state index is 12.1. The van der Waals surface area contributed by atoms with Gasteiger partial charge in [-0.2, -0.15) is 10.1 Å². The van der Waals surface area contributed by atoms with Crippen LogP contribution in [0.4, 0.5) is 0 Å². The summed E-state index contributed by atoms with van der Waals surface area (Å²) in [6.07, 6.45) is 1.62. The standard InChI is InChI=1S/C17H14N2O2/c1-12(13-7-3-2-4-8-13)11-18-19-16(20)14-9-5-6-10-15(14)17(19)21/h2-12H,1H3/b18-11+/t12-/m1/s1. The summed E-state index contributed by atoms with van der Waals surface area (Å²) in [6.45, 7) is 1.97. The summed E-state index contributed by atoms with van der Waals surface area (Å²) in [7, 11) is 0. The van der Waals surface area contributed by atoms with Crippen LogP contribution in [0.15, 0.2) is 59.7 Å². The van der Waals surface area contributed by atoms with Gasteiger partial charge in [-0.3, -0.25) is 9.59 Å². The van der Waals surface area contributed by atoms with Gasteiger partial charge >= 0.3 is 0 Å². The van der Waals surface area contributed by atoms with Crippen molar-refractivity contribution in [3.8, 4) is 0 Å². The van der Waals surface area contributed by atoms with E-state index < -0.39 is 0 Å². The van der Waals surface area contributed by atoms with Crippen LogP contribution in [0.2, 0.25) is 0 Å². The Kier molecular flexibility index (Phi) is 3.36. The van der Waals surface area contributed by atoms with Gasteiger partial charge in [0.25, 0.3) is 11.8 Å². The first kappa shape index (κ1) is 13.2. The summed E-state index contributed by atoms with van der Waals surface area (Å²) in [5.74, 6) is -0.713. The molecule has 0 radical (unpaired) electrons. The monoisotopic (exact) mass is 278 g/mol. The van der Waals surface area contributed by atoms with Crippen molar-refractivity contribution >= 4 is 18.0 Å². The van der Waals surface area contributed by atoms with Gasteiger partial charge in [-0.25, -0.2) is 0 Å². The lowest BCUT2D eigenvalue weighted by Gasteiger charge is -2.09. The van der Waals surface area contributed by atoms with E-state index in [0.717, 1.165) is 10.6 Å². The average Bonchev–Trinajstić information content (AvgIpc) is 2.78. The quantitative estimate of drug-likeness (QED) is 0.640. The lowest BCUT2D eigenvalue weighted by molar-refractivity contribution is 0.0659. The van der Waals surface area contributed by atoms with Crippen molar-refractivity contribution in [2.45, 2.75) is 12.8 Å². The van der Waals surface area contributed by atoms with Crippen LogP contribution >= 0.6 is 0 Å². The highest BCUT2D eigenvalue weighted by atomic mass is 16.2. The third-order valence-corrected chi connectivity index (χ3v) is 3.50. The normalized spacial score (nSPS) is 15.6. The van der Waals surface area contributed by atoms with E-state index in [1.165, 1.54) is 0 Å². The first-order valence-electron chi connectivity index (χ1n) is 6.75. The fourth-order valence-electron chi connectivity index (χ4n) is 2.29. The molecule has 4 nitrogen and oxygen atoms in total. The molecule has 1 heterocycles. The number of benzene rings is 2. The summed E-state index contributed by atoms with van der Waals surface area (Å²) < 4.78 is 0. The fourth-order valence-corrected chi connectivity index (χ4v) is 2.29. The zero-order valence-electron chi connectivity index (χ0n) is 11.6. The van der Waals surface area contributed by atoms with Gasteiger partial charge in [-0.15, -0.1) is 0 Å². The molecule has 3 rings (SSSR count). The molecule has 2 amide bonds. The van der Waals surface area contributed by atoms with Gasteiger partial charge in [0, 0.05) is 12.1 Å². The Bertz CT molecular complexity index is 688. The highest BCUT2D eigenvalue weighted by Gasteiger charge is 2.35. The van der Waals surface area contributed by atoms with Gasteiger partial charge in [0.2, 0.25) is 0 Å². The minimum atomic E-state index is -0.368. The number of fused-ring (bicyclic) bond motifs is 1. The summed E-state index contributed by atoms with van der Waals surface area (Å²) in [6, 6.07) is 16.6. The number of carbonyl (C=O) groups excluding carboxylic acids is 2. The maximum Gasteiger partial charge on any atom is 0.282 e. The molecule has 0 aromatic heterocycles. The summed E-state index contributed by atoms with van der Waals surface area (Å²) >= 11 is 0. The van der Waals surface area contributed by atoms with Gasteiger partial charge in [-0.05, 0) is 17.7 Å². The minimum Gasteiger partial charge on any atom is -0.267 e. The Hall–Kier alpha value is -2.75. The highest BCUT2D eigenvalue weighted by Crippen LogP contribution is 2.23. The molecule has 0 bridgehead atoms. The van der Waals surface area contributed by atoms with E-state index in [-0.39, 0.29) is 17.7 Å². The molecule has 1 aliphatic heterocycles. The molecule has 104 valence electrons. The minimum absolute atomic E-state index is 0.0236. The van der Waals surface area contributed by atoms with E-state index >= 15 is 0 Å².